The van der Waals surface area contributed by atoms with Crippen molar-refractivity contribution in [2.24, 2.45) is 5.92 Å². The zero-order chi connectivity index (χ0) is 10.5. The first kappa shape index (κ1) is 10.7. The van der Waals surface area contributed by atoms with Gasteiger partial charge in [0, 0.05) is 18.7 Å². The lowest BCUT2D eigenvalue weighted by Gasteiger charge is -2.22. The summed E-state index contributed by atoms with van der Waals surface area (Å²) in [7, 11) is 0. The van der Waals surface area contributed by atoms with E-state index in [1.165, 1.54) is 12.8 Å². The summed E-state index contributed by atoms with van der Waals surface area (Å²) in [6.45, 7) is 2.89. The van der Waals surface area contributed by atoms with Crippen LogP contribution in [-0.2, 0) is 0 Å². The Morgan fingerprint density at radius 2 is 2.53 bits per heavy atom. The molecule has 0 unspecified atom stereocenters. The fourth-order valence-corrected chi connectivity index (χ4v) is 1.93. The van der Waals surface area contributed by atoms with Gasteiger partial charge in [0.2, 0.25) is 0 Å². The van der Waals surface area contributed by atoms with Crippen LogP contribution in [0.2, 0.25) is 5.15 Å². The molecular weight excluding hydrogens is 212 g/mol. The first-order chi connectivity index (χ1) is 7.36. The number of rotatable bonds is 3. The molecule has 82 valence electrons. The standard InChI is InChI=1S/C11H15ClN2O/c12-11-10(4-2-6-14-11)15-8-9-3-1-5-13-7-9/h2,4,6,9,13H,1,3,5,7-8H2/t9-/m0/s1. The molecule has 1 aliphatic heterocycles. The molecule has 1 fully saturated rings. The van der Waals surface area contributed by atoms with Crippen LogP contribution >= 0.6 is 11.6 Å². The number of nitrogens with zero attached hydrogens (tertiary/aromatic N) is 1. The number of aromatic nitrogens is 1. The molecule has 0 amide bonds. The van der Waals surface area contributed by atoms with E-state index in [1.54, 1.807) is 6.20 Å². The van der Waals surface area contributed by atoms with Crippen LogP contribution in [0.4, 0.5) is 0 Å². The van der Waals surface area contributed by atoms with Crippen LogP contribution in [0.15, 0.2) is 18.3 Å². The van der Waals surface area contributed by atoms with Gasteiger partial charge in [-0.3, -0.25) is 0 Å². The van der Waals surface area contributed by atoms with Gasteiger partial charge in [0.05, 0.1) is 6.61 Å². The Labute approximate surface area is 94.8 Å². The summed E-state index contributed by atoms with van der Waals surface area (Å²) in [6.07, 6.45) is 4.12. The SMILES string of the molecule is Clc1ncccc1OC[C@H]1CCCNC1. The van der Waals surface area contributed by atoms with Gasteiger partial charge in [0.25, 0.3) is 0 Å². The predicted molar refractivity (Wildman–Crippen MR) is 60.3 cm³/mol. The Morgan fingerprint density at radius 1 is 1.60 bits per heavy atom. The zero-order valence-electron chi connectivity index (χ0n) is 8.58. The lowest BCUT2D eigenvalue weighted by molar-refractivity contribution is 0.218. The van der Waals surface area contributed by atoms with E-state index < -0.39 is 0 Å². The summed E-state index contributed by atoms with van der Waals surface area (Å²) >= 11 is 5.89. The Morgan fingerprint density at radius 3 is 3.27 bits per heavy atom. The largest absolute Gasteiger partial charge is 0.490 e. The van der Waals surface area contributed by atoms with Gasteiger partial charge >= 0.3 is 0 Å². The fourth-order valence-electron chi connectivity index (χ4n) is 1.75. The molecule has 0 spiro atoms. The second-order valence-corrected chi connectivity index (χ2v) is 4.17. The maximum absolute atomic E-state index is 5.89. The molecule has 4 heteroatoms. The van der Waals surface area contributed by atoms with Crippen LogP contribution in [0.1, 0.15) is 12.8 Å². The number of piperidine rings is 1. The van der Waals surface area contributed by atoms with Crippen molar-refractivity contribution in [1.29, 1.82) is 0 Å². The molecule has 0 saturated carbocycles. The molecule has 1 N–H and O–H groups in total. The minimum absolute atomic E-state index is 0.446. The third-order valence-corrected chi connectivity index (χ3v) is 2.88. The molecule has 3 nitrogen and oxygen atoms in total. The highest BCUT2D eigenvalue weighted by atomic mass is 35.5. The van der Waals surface area contributed by atoms with Gasteiger partial charge < -0.3 is 10.1 Å². The van der Waals surface area contributed by atoms with Crippen molar-refractivity contribution in [3.63, 3.8) is 0 Å². The number of hydrogen-bond donors (Lipinski definition) is 1. The Bertz CT molecular complexity index is 313. The second-order valence-electron chi connectivity index (χ2n) is 3.82. The van der Waals surface area contributed by atoms with Crippen molar-refractivity contribution < 1.29 is 4.74 Å². The number of pyridine rings is 1. The van der Waals surface area contributed by atoms with Gasteiger partial charge in [-0.1, -0.05) is 11.6 Å². The number of hydrogen-bond acceptors (Lipinski definition) is 3. The number of ether oxygens (including phenoxy) is 1. The molecule has 0 bridgehead atoms. The fraction of sp³-hybridized carbons (Fsp3) is 0.545. The van der Waals surface area contributed by atoms with E-state index >= 15 is 0 Å². The third-order valence-electron chi connectivity index (χ3n) is 2.60. The van der Waals surface area contributed by atoms with Crippen LogP contribution in [0, 0.1) is 5.92 Å². The van der Waals surface area contributed by atoms with E-state index in [4.69, 9.17) is 16.3 Å². The Hall–Kier alpha value is -0.800. The zero-order valence-corrected chi connectivity index (χ0v) is 9.33. The predicted octanol–water partition coefficient (Wildman–Crippen LogP) is 2.11. The van der Waals surface area contributed by atoms with E-state index in [1.807, 2.05) is 12.1 Å². The van der Waals surface area contributed by atoms with Crippen LogP contribution in [0.3, 0.4) is 0 Å². The molecule has 1 aliphatic rings. The van der Waals surface area contributed by atoms with Gasteiger partial charge in [-0.05, 0) is 31.5 Å². The van der Waals surface area contributed by atoms with Crippen molar-refractivity contribution in [3.05, 3.63) is 23.5 Å². The van der Waals surface area contributed by atoms with Crippen molar-refractivity contribution in [2.75, 3.05) is 19.7 Å². The first-order valence-electron chi connectivity index (χ1n) is 5.30. The summed E-state index contributed by atoms with van der Waals surface area (Å²) in [4.78, 5) is 3.97. The summed E-state index contributed by atoms with van der Waals surface area (Å²) in [6, 6.07) is 3.69. The maximum atomic E-state index is 5.89. The molecule has 0 radical (unpaired) electrons. The summed E-state index contributed by atoms with van der Waals surface area (Å²) in [5.41, 5.74) is 0. The van der Waals surface area contributed by atoms with Gasteiger partial charge in [-0.25, -0.2) is 4.98 Å². The van der Waals surface area contributed by atoms with Crippen LogP contribution < -0.4 is 10.1 Å². The number of halogens is 1. The smallest absolute Gasteiger partial charge is 0.171 e. The summed E-state index contributed by atoms with van der Waals surface area (Å²) < 4.78 is 5.64. The monoisotopic (exact) mass is 226 g/mol. The van der Waals surface area contributed by atoms with Crippen LogP contribution in [-0.4, -0.2) is 24.7 Å². The minimum Gasteiger partial charge on any atom is -0.490 e. The van der Waals surface area contributed by atoms with E-state index in [9.17, 15) is 0 Å². The van der Waals surface area contributed by atoms with Gasteiger partial charge in [0.1, 0.15) is 0 Å². The van der Waals surface area contributed by atoms with Crippen molar-refractivity contribution in [2.45, 2.75) is 12.8 Å². The van der Waals surface area contributed by atoms with Crippen molar-refractivity contribution in [3.8, 4) is 5.75 Å². The first-order valence-corrected chi connectivity index (χ1v) is 5.68. The third kappa shape index (κ3) is 3.08. The minimum atomic E-state index is 0.446. The van der Waals surface area contributed by atoms with E-state index in [-0.39, 0.29) is 0 Å². The van der Waals surface area contributed by atoms with Crippen molar-refractivity contribution in [1.82, 2.24) is 10.3 Å². The van der Waals surface area contributed by atoms with Gasteiger partial charge in [-0.2, -0.15) is 0 Å². The highest BCUT2D eigenvalue weighted by Gasteiger charge is 2.14. The molecular formula is C11H15ClN2O. The molecule has 1 saturated heterocycles. The number of nitrogens with one attached hydrogen (secondary N) is 1. The lowest BCUT2D eigenvalue weighted by Crippen LogP contribution is -2.33. The quantitative estimate of drug-likeness (QED) is 0.802. The molecule has 15 heavy (non-hydrogen) atoms. The molecule has 1 aromatic heterocycles. The second kappa shape index (κ2) is 5.33. The van der Waals surface area contributed by atoms with E-state index in [2.05, 4.69) is 10.3 Å². The van der Waals surface area contributed by atoms with E-state index in [0.29, 0.717) is 16.8 Å². The topological polar surface area (TPSA) is 34.1 Å². The Kier molecular flexibility index (Phi) is 3.80. The Balaban J connectivity index is 1.84. The van der Waals surface area contributed by atoms with Crippen LogP contribution in [0.5, 0.6) is 5.75 Å². The molecule has 1 atom stereocenters. The normalized spacial score (nSPS) is 21.3. The van der Waals surface area contributed by atoms with Crippen LogP contribution in [0.25, 0.3) is 0 Å². The average molecular weight is 227 g/mol. The lowest BCUT2D eigenvalue weighted by atomic mass is 10.0. The van der Waals surface area contributed by atoms with E-state index in [0.717, 1.165) is 19.7 Å². The van der Waals surface area contributed by atoms with Gasteiger partial charge in [0.15, 0.2) is 10.9 Å². The molecule has 2 rings (SSSR count). The molecule has 0 aromatic carbocycles. The highest BCUT2D eigenvalue weighted by molar-refractivity contribution is 6.30. The van der Waals surface area contributed by atoms with Crippen molar-refractivity contribution >= 4 is 11.6 Å². The van der Waals surface area contributed by atoms with Gasteiger partial charge in [-0.15, -0.1) is 0 Å². The average Bonchev–Trinajstić information content (AvgIpc) is 2.29. The maximum Gasteiger partial charge on any atom is 0.171 e. The molecule has 1 aromatic rings. The summed E-state index contributed by atoms with van der Waals surface area (Å²) in [5, 5.41) is 3.80. The molecule has 2 heterocycles. The molecule has 0 aliphatic carbocycles. The summed E-state index contributed by atoms with van der Waals surface area (Å²) in [5.74, 6) is 1.28. The highest BCUT2D eigenvalue weighted by Crippen LogP contribution is 2.21.